The maximum atomic E-state index is 14.4. The van der Waals surface area contributed by atoms with Crippen LogP contribution in [0, 0.1) is 6.92 Å². The summed E-state index contributed by atoms with van der Waals surface area (Å²) >= 11 is 0. The molecule has 10 heteroatoms. The van der Waals surface area contributed by atoms with Crippen molar-refractivity contribution in [3.63, 3.8) is 0 Å². The second-order valence-corrected chi connectivity index (χ2v) is 12.9. The number of carbonyl (C=O) groups is 2. The average molecular weight is 608 g/mol. The van der Waals surface area contributed by atoms with Gasteiger partial charge in [-0.15, -0.1) is 0 Å². The van der Waals surface area contributed by atoms with E-state index in [0.29, 0.717) is 5.75 Å². The SMILES string of the molecule is COc1ccc(OC)c(N(CC(=O)N(Cc2cccc(C)c2)[C@@H](Cc2ccccc2)C(=O)NC2CCCC2)S(C)(=O)=O)c1. The lowest BCUT2D eigenvalue weighted by Gasteiger charge is -2.34. The molecule has 0 bridgehead atoms. The van der Waals surface area contributed by atoms with Crippen LogP contribution in [0.25, 0.3) is 0 Å². The van der Waals surface area contributed by atoms with Crippen LogP contribution in [-0.2, 0) is 32.6 Å². The minimum absolute atomic E-state index is 0.0512. The van der Waals surface area contributed by atoms with E-state index in [2.05, 4.69) is 5.32 Å². The highest BCUT2D eigenvalue weighted by atomic mass is 32.2. The molecule has 1 saturated carbocycles. The number of carbonyl (C=O) groups excluding carboxylic acids is 2. The van der Waals surface area contributed by atoms with Gasteiger partial charge in [-0.25, -0.2) is 8.42 Å². The summed E-state index contributed by atoms with van der Waals surface area (Å²) in [5.41, 5.74) is 2.91. The number of rotatable bonds is 13. The first-order chi connectivity index (χ1) is 20.6. The van der Waals surface area contributed by atoms with Crippen LogP contribution in [-0.4, -0.2) is 64.2 Å². The van der Waals surface area contributed by atoms with E-state index in [1.165, 1.54) is 25.2 Å². The average Bonchev–Trinajstić information content (AvgIpc) is 3.50. The normalized spacial score (nSPS) is 14.1. The van der Waals surface area contributed by atoms with Gasteiger partial charge in [-0.3, -0.25) is 13.9 Å². The first-order valence-electron chi connectivity index (χ1n) is 14.5. The van der Waals surface area contributed by atoms with Gasteiger partial charge < -0.3 is 19.7 Å². The van der Waals surface area contributed by atoms with Gasteiger partial charge in [-0.2, -0.15) is 0 Å². The second kappa shape index (κ2) is 14.4. The lowest BCUT2D eigenvalue weighted by molar-refractivity contribution is -0.140. The van der Waals surface area contributed by atoms with Crippen molar-refractivity contribution in [2.75, 3.05) is 31.3 Å². The van der Waals surface area contributed by atoms with Gasteiger partial charge in [0.25, 0.3) is 0 Å². The van der Waals surface area contributed by atoms with Crippen LogP contribution in [0.3, 0.4) is 0 Å². The van der Waals surface area contributed by atoms with Crippen molar-refractivity contribution in [3.8, 4) is 11.5 Å². The van der Waals surface area contributed by atoms with Crippen molar-refractivity contribution in [2.45, 2.75) is 57.7 Å². The van der Waals surface area contributed by atoms with Crippen LogP contribution in [0.1, 0.15) is 42.4 Å². The van der Waals surface area contributed by atoms with Crippen LogP contribution < -0.4 is 19.1 Å². The van der Waals surface area contributed by atoms with Crippen LogP contribution in [0.15, 0.2) is 72.8 Å². The van der Waals surface area contributed by atoms with E-state index < -0.39 is 28.5 Å². The number of hydrogen-bond donors (Lipinski definition) is 1. The quantitative estimate of drug-likeness (QED) is 0.307. The predicted molar refractivity (Wildman–Crippen MR) is 168 cm³/mol. The number of sulfonamides is 1. The summed E-state index contributed by atoms with van der Waals surface area (Å²) in [7, 11) is -1.05. The third kappa shape index (κ3) is 8.50. The van der Waals surface area contributed by atoms with Gasteiger partial charge in [-0.1, -0.05) is 73.0 Å². The topological polar surface area (TPSA) is 105 Å². The van der Waals surface area contributed by atoms with Crippen LogP contribution >= 0.6 is 0 Å². The summed E-state index contributed by atoms with van der Waals surface area (Å²) in [6.07, 6.45) is 5.20. The Morgan fingerprint density at radius 3 is 2.26 bits per heavy atom. The Morgan fingerprint density at radius 2 is 1.63 bits per heavy atom. The molecule has 0 spiro atoms. The molecule has 1 aliphatic carbocycles. The van der Waals surface area contributed by atoms with Crippen molar-refractivity contribution in [1.82, 2.24) is 10.2 Å². The largest absolute Gasteiger partial charge is 0.497 e. The highest BCUT2D eigenvalue weighted by Gasteiger charge is 2.35. The zero-order valence-electron chi connectivity index (χ0n) is 25.3. The second-order valence-electron chi connectivity index (χ2n) is 11.0. The molecule has 4 rings (SSSR count). The molecule has 230 valence electrons. The molecule has 0 aliphatic heterocycles. The number of nitrogens with one attached hydrogen (secondary N) is 1. The first-order valence-corrected chi connectivity index (χ1v) is 16.3. The minimum atomic E-state index is -3.96. The molecule has 43 heavy (non-hydrogen) atoms. The number of nitrogens with zero attached hydrogens (tertiary/aromatic N) is 2. The Morgan fingerprint density at radius 1 is 0.930 bits per heavy atom. The van der Waals surface area contributed by atoms with Gasteiger partial charge in [0.05, 0.1) is 26.2 Å². The van der Waals surface area contributed by atoms with E-state index in [1.807, 2.05) is 61.5 Å². The molecule has 0 aromatic heterocycles. The van der Waals surface area contributed by atoms with E-state index in [1.54, 1.807) is 12.1 Å². The Bertz CT molecular complexity index is 1510. The summed E-state index contributed by atoms with van der Waals surface area (Å²) in [4.78, 5) is 29.8. The highest BCUT2D eigenvalue weighted by molar-refractivity contribution is 7.92. The maximum Gasteiger partial charge on any atom is 0.244 e. The van der Waals surface area contributed by atoms with E-state index >= 15 is 0 Å². The third-order valence-electron chi connectivity index (χ3n) is 7.74. The number of hydrogen-bond acceptors (Lipinski definition) is 6. The standard InChI is InChI=1S/C33H41N3O6S/c1-24-11-10-14-26(19-24)22-35(30(20-25-12-6-5-7-13-25)33(38)34-27-15-8-9-16-27)32(37)23-36(43(4,39)40)29-21-28(41-2)17-18-31(29)42-3/h5-7,10-14,17-19,21,27,30H,8-9,15-16,20,22-23H2,1-4H3,(H,34,38)/t30-/m0/s1. The smallest absolute Gasteiger partial charge is 0.244 e. The predicted octanol–water partition coefficient (Wildman–Crippen LogP) is 4.48. The fraction of sp³-hybridized carbons (Fsp3) is 0.394. The Kier molecular flexibility index (Phi) is 10.7. The molecule has 0 saturated heterocycles. The Labute approximate surface area is 254 Å². The van der Waals surface area contributed by atoms with Gasteiger partial charge in [0.1, 0.15) is 24.1 Å². The molecule has 1 fully saturated rings. The molecular formula is C33H41N3O6S. The summed E-state index contributed by atoms with van der Waals surface area (Å²) in [5.74, 6) is -0.0867. The van der Waals surface area contributed by atoms with Gasteiger partial charge in [0.2, 0.25) is 21.8 Å². The van der Waals surface area contributed by atoms with Crippen LogP contribution in [0.4, 0.5) is 5.69 Å². The lowest BCUT2D eigenvalue weighted by atomic mass is 10.0. The van der Waals surface area contributed by atoms with Crippen molar-refractivity contribution in [3.05, 3.63) is 89.5 Å². The van der Waals surface area contributed by atoms with Crippen molar-refractivity contribution in [1.29, 1.82) is 0 Å². The summed E-state index contributed by atoms with van der Waals surface area (Å²) in [6.45, 7) is 1.56. The number of methoxy groups -OCH3 is 2. The number of aryl methyl sites for hydroxylation is 1. The summed E-state index contributed by atoms with van der Waals surface area (Å²) in [5, 5.41) is 3.18. The van der Waals surface area contributed by atoms with E-state index in [0.717, 1.165) is 52.9 Å². The number of anilines is 1. The van der Waals surface area contributed by atoms with Crippen molar-refractivity contribution < 1.29 is 27.5 Å². The molecule has 2 amide bonds. The molecule has 9 nitrogen and oxygen atoms in total. The molecule has 1 aliphatic rings. The molecule has 1 atom stereocenters. The lowest BCUT2D eigenvalue weighted by Crippen LogP contribution is -2.54. The monoisotopic (exact) mass is 607 g/mol. The number of benzene rings is 3. The van der Waals surface area contributed by atoms with E-state index in [4.69, 9.17) is 9.47 Å². The highest BCUT2D eigenvalue weighted by Crippen LogP contribution is 2.34. The zero-order valence-corrected chi connectivity index (χ0v) is 26.1. The van der Waals surface area contributed by atoms with E-state index in [9.17, 15) is 18.0 Å². The van der Waals surface area contributed by atoms with Crippen molar-refractivity contribution in [2.24, 2.45) is 0 Å². The molecule has 3 aromatic rings. The minimum Gasteiger partial charge on any atom is -0.497 e. The summed E-state index contributed by atoms with van der Waals surface area (Å²) < 4.78 is 38.1. The van der Waals surface area contributed by atoms with E-state index in [-0.39, 0.29) is 36.4 Å². The maximum absolute atomic E-state index is 14.4. The first kappa shape index (κ1) is 31.9. The Hall–Kier alpha value is -4.05. The molecule has 0 heterocycles. The zero-order chi connectivity index (χ0) is 31.0. The molecule has 0 radical (unpaired) electrons. The fourth-order valence-electron chi connectivity index (χ4n) is 5.52. The van der Waals surface area contributed by atoms with Gasteiger partial charge in [0.15, 0.2) is 0 Å². The van der Waals surface area contributed by atoms with Gasteiger partial charge in [-0.05, 0) is 43.0 Å². The van der Waals surface area contributed by atoms with Gasteiger partial charge in [0, 0.05) is 25.1 Å². The molecule has 1 N–H and O–H groups in total. The Balaban J connectivity index is 1.76. The van der Waals surface area contributed by atoms with Crippen molar-refractivity contribution >= 4 is 27.5 Å². The molecule has 0 unspecified atom stereocenters. The van der Waals surface area contributed by atoms with Crippen LogP contribution in [0.5, 0.6) is 11.5 Å². The number of amides is 2. The van der Waals surface area contributed by atoms with Gasteiger partial charge >= 0.3 is 0 Å². The third-order valence-corrected chi connectivity index (χ3v) is 8.87. The van der Waals surface area contributed by atoms with Crippen LogP contribution in [0.2, 0.25) is 0 Å². The fourth-order valence-corrected chi connectivity index (χ4v) is 6.36. The summed E-state index contributed by atoms with van der Waals surface area (Å²) in [6, 6.07) is 21.2. The molecular weight excluding hydrogens is 566 g/mol. The number of ether oxygens (including phenoxy) is 2. The molecule has 3 aromatic carbocycles.